The molecule has 80 valence electrons. The molecule has 0 fully saturated rings. The van der Waals surface area contributed by atoms with E-state index in [-0.39, 0.29) is 5.69 Å². The molecule has 0 saturated carbocycles. The third kappa shape index (κ3) is 1.85. The van der Waals surface area contributed by atoms with Crippen LogP contribution in [-0.2, 0) is 13.6 Å². The number of thiazole rings is 1. The number of rotatable bonds is 2. The first-order chi connectivity index (χ1) is 7.08. The van der Waals surface area contributed by atoms with Crippen LogP contribution in [0.4, 0.5) is 0 Å². The molecule has 0 saturated heterocycles. The number of hydrogen-bond donors (Lipinski definition) is 0. The fourth-order valence-electron chi connectivity index (χ4n) is 1.26. The zero-order chi connectivity index (χ0) is 11.0. The minimum absolute atomic E-state index is 0.111. The summed E-state index contributed by atoms with van der Waals surface area (Å²) in [6.45, 7) is 4.45. The van der Waals surface area contributed by atoms with Gasteiger partial charge >= 0.3 is 5.69 Å². The van der Waals surface area contributed by atoms with Gasteiger partial charge in [0.1, 0.15) is 11.3 Å². The molecular formula is C9H12N4OS. The van der Waals surface area contributed by atoms with Crippen LogP contribution in [-0.4, -0.2) is 19.3 Å². The van der Waals surface area contributed by atoms with Crippen LogP contribution >= 0.6 is 11.3 Å². The molecule has 0 aromatic carbocycles. The van der Waals surface area contributed by atoms with E-state index in [0.717, 1.165) is 10.7 Å². The number of hydrogen-bond acceptors (Lipinski definition) is 4. The van der Waals surface area contributed by atoms with Crippen molar-refractivity contribution in [1.29, 1.82) is 0 Å². The lowest BCUT2D eigenvalue weighted by molar-refractivity contribution is 0.643. The first kappa shape index (κ1) is 10.1. The SMILES string of the molecule is Cc1nc(Cn2ncn(C)c2=O)sc1C. The van der Waals surface area contributed by atoms with Gasteiger partial charge in [-0.3, -0.25) is 4.57 Å². The largest absolute Gasteiger partial charge is 0.345 e. The first-order valence-electron chi connectivity index (χ1n) is 4.59. The Kier molecular flexibility index (Phi) is 2.44. The van der Waals surface area contributed by atoms with E-state index in [9.17, 15) is 4.79 Å². The monoisotopic (exact) mass is 224 g/mol. The van der Waals surface area contributed by atoms with Gasteiger partial charge in [-0.05, 0) is 13.8 Å². The molecule has 0 N–H and O–H groups in total. The molecule has 0 amide bonds. The van der Waals surface area contributed by atoms with E-state index < -0.39 is 0 Å². The maximum absolute atomic E-state index is 11.5. The van der Waals surface area contributed by atoms with Gasteiger partial charge in [-0.1, -0.05) is 0 Å². The van der Waals surface area contributed by atoms with Crippen LogP contribution in [0.15, 0.2) is 11.1 Å². The highest BCUT2D eigenvalue weighted by molar-refractivity contribution is 7.11. The second-order valence-corrected chi connectivity index (χ2v) is 4.72. The van der Waals surface area contributed by atoms with Crippen LogP contribution in [0.3, 0.4) is 0 Å². The van der Waals surface area contributed by atoms with Crippen molar-refractivity contribution < 1.29 is 0 Å². The van der Waals surface area contributed by atoms with Crippen molar-refractivity contribution in [1.82, 2.24) is 19.3 Å². The van der Waals surface area contributed by atoms with Gasteiger partial charge < -0.3 is 0 Å². The Morgan fingerprint density at radius 1 is 1.47 bits per heavy atom. The summed E-state index contributed by atoms with van der Waals surface area (Å²) >= 11 is 1.61. The molecule has 2 aromatic rings. The summed E-state index contributed by atoms with van der Waals surface area (Å²) in [7, 11) is 1.68. The first-order valence-corrected chi connectivity index (χ1v) is 5.41. The van der Waals surface area contributed by atoms with Crippen molar-refractivity contribution in [3.05, 3.63) is 32.4 Å². The molecule has 0 atom stereocenters. The third-order valence-corrected chi connectivity index (χ3v) is 3.30. The normalized spacial score (nSPS) is 10.9. The Morgan fingerprint density at radius 3 is 2.67 bits per heavy atom. The molecular weight excluding hydrogens is 212 g/mol. The van der Waals surface area contributed by atoms with Gasteiger partial charge in [0.15, 0.2) is 0 Å². The minimum atomic E-state index is -0.111. The fourth-order valence-corrected chi connectivity index (χ4v) is 2.18. The molecule has 5 nitrogen and oxygen atoms in total. The molecule has 2 rings (SSSR count). The van der Waals surface area contributed by atoms with Gasteiger partial charge in [0.2, 0.25) is 0 Å². The van der Waals surface area contributed by atoms with E-state index in [1.165, 1.54) is 20.5 Å². The molecule has 15 heavy (non-hydrogen) atoms. The lowest BCUT2D eigenvalue weighted by Crippen LogP contribution is -2.23. The molecule has 0 aliphatic heterocycles. The molecule has 6 heteroatoms. The van der Waals surface area contributed by atoms with Crippen molar-refractivity contribution >= 4 is 11.3 Å². The van der Waals surface area contributed by atoms with Crippen molar-refractivity contribution in [3.8, 4) is 0 Å². The molecule has 0 spiro atoms. The average Bonchev–Trinajstić information content (AvgIpc) is 2.65. The lowest BCUT2D eigenvalue weighted by atomic mass is 10.4. The van der Waals surface area contributed by atoms with Gasteiger partial charge in [0, 0.05) is 11.9 Å². The predicted octanol–water partition coefficient (Wildman–Crippen LogP) is 0.703. The Labute approximate surface area is 91.0 Å². The van der Waals surface area contributed by atoms with Crippen molar-refractivity contribution in [2.45, 2.75) is 20.4 Å². The Morgan fingerprint density at radius 2 is 2.20 bits per heavy atom. The maximum atomic E-state index is 11.5. The lowest BCUT2D eigenvalue weighted by Gasteiger charge is -1.93. The molecule has 2 heterocycles. The summed E-state index contributed by atoms with van der Waals surface area (Å²) < 4.78 is 2.87. The van der Waals surface area contributed by atoms with Crippen LogP contribution in [0.25, 0.3) is 0 Å². The Bertz CT molecular complexity index is 517. The summed E-state index contributed by atoms with van der Waals surface area (Å²) in [5.74, 6) is 0. The molecule has 0 aliphatic carbocycles. The van der Waals surface area contributed by atoms with Gasteiger partial charge in [-0.15, -0.1) is 11.3 Å². The second-order valence-electron chi connectivity index (χ2n) is 3.43. The summed E-state index contributed by atoms with van der Waals surface area (Å²) in [5, 5.41) is 4.91. The van der Waals surface area contributed by atoms with E-state index in [0.29, 0.717) is 6.54 Å². The van der Waals surface area contributed by atoms with Gasteiger partial charge in [-0.2, -0.15) is 5.10 Å². The molecule has 0 aliphatic rings. The Hall–Kier alpha value is -1.43. The topological polar surface area (TPSA) is 52.7 Å². The number of nitrogens with zero attached hydrogens (tertiary/aromatic N) is 4. The van der Waals surface area contributed by atoms with Crippen LogP contribution < -0.4 is 5.69 Å². The van der Waals surface area contributed by atoms with Crippen LogP contribution in [0.2, 0.25) is 0 Å². The standard InChI is InChI=1S/C9H12N4OS/c1-6-7(2)15-8(11-6)4-13-9(14)12(3)5-10-13/h5H,4H2,1-3H3. The van der Waals surface area contributed by atoms with Crippen LogP contribution in [0, 0.1) is 13.8 Å². The molecule has 2 aromatic heterocycles. The maximum Gasteiger partial charge on any atom is 0.345 e. The van der Waals surface area contributed by atoms with E-state index in [1.54, 1.807) is 18.4 Å². The quantitative estimate of drug-likeness (QED) is 0.754. The molecule has 0 unspecified atom stereocenters. The highest BCUT2D eigenvalue weighted by Crippen LogP contribution is 2.16. The van der Waals surface area contributed by atoms with Gasteiger partial charge in [-0.25, -0.2) is 14.5 Å². The highest BCUT2D eigenvalue weighted by atomic mass is 32.1. The summed E-state index contributed by atoms with van der Waals surface area (Å²) in [5.41, 5.74) is 0.916. The zero-order valence-electron chi connectivity index (χ0n) is 8.89. The van der Waals surface area contributed by atoms with Crippen LogP contribution in [0.1, 0.15) is 15.6 Å². The minimum Gasteiger partial charge on any atom is -0.285 e. The number of aromatic nitrogens is 4. The Balaban J connectivity index is 2.29. The molecule has 0 radical (unpaired) electrons. The van der Waals surface area contributed by atoms with E-state index in [4.69, 9.17) is 0 Å². The zero-order valence-corrected chi connectivity index (χ0v) is 9.71. The van der Waals surface area contributed by atoms with Gasteiger partial charge in [0.05, 0.1) is 12.2 Å². The van der Waals surface area contributed by atoms with E-state index in [1.807, 2.05) is 13.8 Å². The highest BCUT2D eigenvalue weighted by Gasteiger charge is 2.07. The van der Waals surface area contributed by atoms with Gasteiger partial charge in [0.25, 0.3) is 0 Å². The van der Waals surface area contributed by atoms with E-state index in [2.05, 4.69) is 10.1 Å². The fraction of sp³-hybridized carbons (Fsp3) is 0.444. The third-order valence-electron chi connectivity index (χ3n) is 2.24. The van der Waals surface area contributed by atoms with Crippen molar-refractivity contribution in [2.75, 3.05) is 0 Å². The van der Waals surface area contributed by atoms with Crippen molar-refractivity contribution in [2.24, 2.45) is 7.05 Å². The summed E-state index contributed by atoms with van der Waals surface area (Å²) in [6, 6.07) is 0. The predicted molar refractivity (Wildman–Crippen MR) is 58.2 cm³/mol. The molecule has 0 bridgehead atoms. The summed E-state index contributed by atoms with van der Waals surface area (Å²) in [4.78, 5) is 17.1. The average molecular weight is 224 g/mol. The second kappa shape index (κ2) is 3.62. The smallest absolute Gasteiger partial charge is 0.285 e. The number of aryl methyl sites for hydroxylation is 3. The summed E-state index contributed by atoms with van der Waals surface area (Å²) in [6.07, 6.45) is 1.51. The van der Waals surface area contributed by atoms with E-state index >= 15 is 0 Å². The van der Waals surface area contributed by atoms with Crippen molar-refractivity contribution in [3.63, 3.8) is 0 Å². The van der Waals surface area contributed by atoms with Crippen LogP contribution in [0.5, 0.6) is 0 Å².